The number of ether oxygens (including phenoxy) is 1. The van der Waals surface area contributed by atoms with Gasteiger partial charge in [-0.1, -0.05) is 67.1 Å². The molecule has 0 aliphatic carbocycles. The number of benzene rings is 3. The monoisotopic (exact) mass is 435 g/mol. The third-order valence-corrected chi connectivity index (χ3v) is 5.01. The number of hydrogen-bond acceptors (Lipinski definition) is 4. The van der Waals surface area contributed by atoms with Crippen molar-refractivity contribution in [3.63, 3.8) is 0 Å². The smallest absolute Gasteiger partial charge is 0.339 e. The largest absolute Gasteiger partial charge is 0.445 e. The van der Waals surface area contributed by atoms with Crippen molar-refractivity contribution < 1.29 is 19.1 Å². The molecule has 0 saturated carbocycles. The lowest BCUT2D eigenvalue weighted by Crippen LogP contribution is -2.20. The number of Topliss-reactive ketones (excluding diaryl/α,β-unsaturated/α-hetero) is 1. The number of aryl methyl sites for hydroxylation is 1. The van der Waals surface area contributed by atoms with E-state index in [0.29, 0.717) is 28.3 Å². The van der Waals surface area contributed by atoms with Crippen LogP contribution < -0.4 is 5.32 Å². The Morgan fingerprint density at radius 1 is 0.935 bits per heavy atom. The van der Waals surface area contributed by atoms with Gasteiger partial charge in [0.2, 0.25) is 11.7 Å². The van der Waals surface area contributed by atoms with E-state index in [2.05, 4.69) is 5.32 Å². The lowest BCUT2D eigenvalue weighted by molar-refractivity contribution is -0.115. The van der Waals surface area contributed by atoms with Crippen molar-refractivity contribution >= 4 is 34.9 Å². The Balaban J connectivity index is 1.91. The molecular weight excluding hydrogens is 414 g/mol. The predicted octanol–water partition coefficient (Wildman–Crippen LogP) is 5.78. The molecule has 0 saturated heterocycles. The van der Waals surface area contributed by atoms with E-state index >= 15 is 0 Å². The van der Waals surface area contributed by atoms with E-state index in [4.69, 9.17) is 16.3 Å². The van der Waals surface area contributed by atoms with Crippen LogP contribution in [0.15, 0.2) is 72.8 Å². The number of ketones is 1. The minimum Gasteiger partial charge on any atom is -0.445 e. The Labute approximate surface area is 186 Å². The fourth-order valence-electron chi connectivity index (χ4n) is 2.96. The van der Waals surface area contributed by atoms with Crippen LogP contribution in [0.25, 0.3) is 0 Å². The second-order valence-electron chi connectivity index (χ2n) is 7.00. The molecule has 158 valence electrons. The van der Waals surface area contributed by atoms with E-state index in [0.717, 1.165) is 5.56 Å². The number of anilines is 1. The van der Waals surface area contributed by atoms with Gasteiger partial charge in [0, 0.05) is 28.3 Å². The van der Waals surface area contributed by atoms with Crippen LogP contribution in [0.3, 0.4) is 0 Å². The molecule has 0 radical (unpaired) electrons. The molecule has 0 fully saturated rings. The molecule has 3 rings (SSSR count). The molecule has 5 nitrogen and oxygen atoms in total. The summed E-state index contributed by atoms with van der Waals surface area (Å²) in [5.74, 6) is -1.17. The van der Waals surface area contributed by atoms with E-state index in [1.807, 2.05) is 6.92 Å². The van der Waals surface area contributed by atoms with Crippen molar-refractivity contribution in [3.05, 3.63) is 100 Å². The van der Waals surface area contributed by atoms with Crippen LogP contribution in [-0.4, -0.2) is 17.7 Å². The van der Waals surface area contributed by atoms with Crippen LogP contribution in [0.4, 0.5) is 5.69 Å². The molecule has 0 aromatic heterocycles. The van der Waals surface area contributed by atoms with Crippen molar-refractivity contribution in [3.8, 4) is 0 Å². The molecule has 0 bridgehead atoms. The Morgan fingerprint density at radius 2 is 1.61 bits per heavy atom. The number of amides is 1. The van der Waals surface area contributed by atoms with Crippen LogP contribution in [-0.2, 0) is 9.53 Å². The van der Waals surface area contributed by atoms with Crippen LogP contribution >= 0.6 is 11.6 Å². The quantitative estimate of drug-likeness (QED) is 0.377. The molecule has 3 aromatic rings. The summed E-state index contributed by atoms with van der Waals surface area (Å²) < 4.78 is 5.66. The van der Waals surface area contributed by atoms with Crippen LogP contribution in [0, 0.1) is 6.92 Å². The number of carbonyl (C=O) groups excluding carboxylic acids is 3. The van der Waals surface area contributed by atoms with E-state index < -0.39 is 12.1 Å². The maximum Gasteiger partial charge on any atom is 0.339 e. The van der Waals surface area contributed by atoms with Gasteiger partial charge in [0.25, 0.3) is 0 Å². The summed E-state index contributed by atoms with van der Waals surface area (Å²) in [6, 6.07) is 20.1. The van der Waals surface area contributed by atoms with Crippen LogP contribution in [0.5, 0.6) is 0 Å². The van der Waals surface area contributed by atoms with Gasteiger partial charge in [-0.15, -0.1) is 0 Å². The molecule has 0 aliphatic heterocycles. The highest BCUT2D eigenvalue weighted by Crippen LogP contribution is 2.26. The highest BCUT2D eigenvalue weighted by Gasteiger charge is 2.27. The van der Waals surface area contributed by atoms with Crippen molar-refractivity contribution in [2.75, 3.05) is 5.32 Å². The number of hydrogen-bond donors (Lipinski definition) is 1. The molecule has 1 atom stereocenters. The number of halogens is 1. The summed E-state index contributed by atoms with van der Waals surface area (Å²) >= 11 is 5.97. The second kappa shape index (κ2) is 10.0. The number of nitrogens with one attached hydrogen (secondary N) is 1. The van der Waals surface area contributed by atoms with Gasteiger partial charge in [-0.05, 0) is 36.8 Å². The fraction of sp³-hybridized carbons (Fsp3) is 0.160. The van der Waals surface area contributed by atoms with Crippen molar-refractivity contribution in [2.45, 2.75) is 26.4 Å². The standard InChI is InChI=1S/C25H22ClNO4/c1-3-22(28)27-21-15-19(10-9-16(21)2)25(30)31-24(18-11-13-20(26)14-12-18)23(29)17-7-5-4-6-8-17/h4-15,24H,3H2,1-2H3,(H,27,28). The van der Waals surface area contributed by atoms with Gasteiger partial charge in [0.1, 0.15) is 0 Å². The molecule has 3 aromatic carbocycles. The lowest BCUT2D eigenvalue weighted by Gasteiger charge is -2.18. The number of carbonyl (C=O) groups is 3. The second-order valence-corrected chi connectivity index (χ2v) is 7.44. The third-order valence-electron chi connectivity index (χ3n) is 4.76. The minimum absolute atomic E-state index is 0.160. The normalized spacial score (nSPS) is 11.5. The molecule has 0 aliphatic rings. The predicted molar refractivity (Wildman–Crippen MR) is 120 cm³/mol. The number of esters is 1. The molecule has 1 unspecified atom stereocenters. The van der Waals surface area contributed by atoms with Gasteiger partial charge >= 0.3 is 5.97 Å². The first-order valence-corrected chi connectivity index (χ1v) is 10.2. The summed E-state index contributed by atoms with van der Waals surface area (Å²) in [6.07, 6.45) is -0.819. The maximum absolute atomic E-state index is 13.1. The highest BCUT2D eigenvalue weighted by molar-refractivity contribution is 6.30. The average Bonchev–Trinajstić information content (AvgIpc) is 2.79. The van der Waals surface area contributed by atoms with Gasteiger partial charge in [-0.2, -0.15) is 0 Å². The van der Waals surface area contributed by atoms with Crippen molar-refractivity contribution in [1.82, 2.24) is 0 Å². The molecule has 1 amide bonds. The van der Waals surface area contributed by atoms with Crippen LogP contribution in [0.1, 0.15) is 51.3 Å². The average molecular weight is 436 g/mol. The zero-order chi connectivity index (χ0) is 22.4. The molecule has 0 spiro atoms. The molecule has 0 heterocycles. The SMILES string of the molecule is CCC(=O)Nc1cc(C(=O)OC(C(=O)c2ccccc2)c2ccc(Cl)cc2)ccc1C. The first kappa shape index (κ1) is 22.2. The van der Waals surface area contributed by atoms with E-state index in [-0.39, 0.29) is 17.3 Å². The zero-order valence-corrected chi connectivity index (χ0v) is 18.0. The molecular formula is C25H22ClNO4. The topological polar surface area (TPSA) is 72.5 Å². The summed E-state index contributed by atoms with van der Waals surface area (Å²) in [5, 5.41) is 3.28. The summed E-state index contributed by atoms with van der Waals surface area (Å²) in [6.45, 7) is 3.57. The summed E-state index contributed by atoms with van der Waals surface area (Å²) in [5.41, 5.74) is 2.51. The first-order valence-electron chi connectivity index (χ1n) is 9.85. The molecule has 31 heavy (non-hydrogen) atoms. The third kappa shape index (κ3) is 5.58. The van der Waals surface area contributed by atoms with Gasteiger partial charge in [0.15, 0.2) is 6.10 Å². The first-order chi connectivity index (χ1) is 14.9. The number of rotatable bonds is 7. The highest BCUT2D eigenvalue weighted by atomic mass is 35.5. The van der Waals surface area contributed by atoms with Gasteiger partial charge in [-0.3, -0.25) is 9.59 Å². The van der Waals surface area contributed by atoms with E-state index in [1.54, 1.807) is 79.7 Å². The fourth-order valence-corrected chi connectivity index (χ4v) is 3.09. The lowest BCUT2D eigenvalue weighted by atomic mass is 9.99. The van der Waals surface area contributed by atoms with Gasteiger partial charge in [0.05, 0.1) is 5.56 Å². The Morgan fingerprint density at radius 3 is 2.26 bits per heavy atom. The Hall–Kier alpha value is -3.44. The summed E-state index contributed by atoms with van der Waals surface area (Å²) in [4.78, 5) is 37.8. The Kier molecular flexibility index (Phi) is 7.21. The van der Waals surface area contributed by atoms with Crippen molar-refractivity contribution in [1.29, 1.82) is 0 Å². The zero-order valence-electron chi connectivity index (χ0n) is 17.2. The molecule has 6 heteroatoms. The van der Waals surface area contributed by atoms with Gasteiger partial charge in [-0.25, -0.2) is 4.79 Å². The Bertz CT molecular complexity index is 1090. The van der Waals surface area contributed by atoms with Crippen LogP contribution in [0.2, 0.25) is 5.02 Å². The maximum atomic E-state index is 13.1. The minimum atomic E-state index is -1.14. The van der Waals surface area contributed by atoms with Gasteiger partial charge < -0.3 is 10.1 Å². The van der Waals surface area contributed by atoms with Crippen molar-refractivity contribution in [2.24, 2.45) is 0 Å². The van der Waals surface area contributed by atoms with E-state index in [9.17, 15) is 14.4 Å². The summed E-state index contributed by atoms with van der Waals surface area (Å²) in [7, 11) is 0. The molecule has 1 N–H and O–H groups in total. The van der Waals surface area contributed by atoms with E-state index in [1.165, 1.54) is 0 Å².